The first-order chi connectivity index (χ1) is 14.1. The van der Waals surface area contributed by atoms with Gasteiger partial charge in [-0.15, -0.1) is 0 Å². The van der Waals surface area contributed by atoms with Gasteiger partial charge in [-0.25, -0.2) is 4.68 Å². The fraction of sp³-hybridized carbons (Fsp3) is 0.429. The maximum absolute atomic E-state index is 12.9. The summed E-state index contributed by atoms with van der Waals surface area (Å²) in [4.78, 5) is 27.6. The minimum atomic E-state index is -0.570. The molecule has 1 aliphatic heterocycles. The number of H-pyrrole nitrogens is 1. The van der Waals surface area contributed by atoms with Crippen LogP contribution in [-0.4, -0.2) is 55.8 Å². The molecule has 2 N–H and O–H groups in total. The quantitative estimate of drug-likeness (QED) is 0.712. The van der Waals surface area contributed by atoms with E-state index in [0.717, 1.165) is 37.0 Å². The van der Waals surface area contributed by atoms with Gasteiger partial charge in [0, 0.05) is 30.9 Å². The third-order valence-electron chi connectivity index (χ3n) is 6.40. The van der Waals surface area contributed by atoms with Gasteiger partial charge in [-0.1, -0.05) is 0 Å². The molecule has 1 saturated carbocycles. The molecule has 3 heterocycles. The number of hydrogen-bond donors (Lipinski definition) is 2. The van der Waals surface area contributed by atoms with E-state index < -0.39 is 6.04 Å². The zero-order valence-corrected chi connectivity index (χ0v) is 16.4. The first-order valence-corrected chi connectivity index (χ1v) is 10.1. The number of fused-ring (bicyclic) bond motifs is 1. The predicted molar refractivity (Wildman–Crippen MR) is 108 cm³/mol. The zero-order valence-electron chi connectivity index (χ0n) is 16.4. The van der Waals surface area contributed by atoms with Crippen LogP contribution in [0, 0.1) is 5.41 Å². The monoisotopic (exact) mass is 392 g/mol. The van der Waals surface area contributed by atoms with Crippen LogP contribution in [0.3, 0.4) is 0 Å². The summed E-state index contributed by atoms with van der Waals surface area (Å²) >= 11 is 0. The van der Waals surface area contributed by atoms with E-state index in [2.05, 4.69) is 20.6 Å². The fourth-order valence-corrected chi connectivity index (χ4v) is 4.31. The van der Waals surface area contributed by atoms with Crippen molar-refractivity contribution in [1.82, 2.24) is 30.2 Å². The van der Waals surface area contributed by atoms with E-state index in [0.29, 0.717) is 16.5 Å². The number of nitrogens with one attached hydrogen (secondary N) is 2. The first-order valence-electron chi connectivity index (χ1n) is 10.1. The van der Waals surface area contributed by atoms with E-state index in [9.17, 15) is 9.59 Å². The Morgan fingerprint density at radius 2 is 2.00 bits per heavy atom. The summed E-state index contributed by atoms with van der Waals surface area (Å²) in [6.45, 7) is 3.34. The molecule has 3 aromatic rings. The van der Waals surface area contributed by atoms with E-state index in [1.807, 2.05) is 23.2 Å². The number of carbonyl (C=O) groups excluding carboxylic acids is 2. The molecule has 150 valence electrons. The second-order valence-electron chi connectivity index (χ2n) is 8.26. The second kappa shape index (κ2) is 6.72. The molecule has 1 aromatic carbocycles. The van der Waals surface area contributed by atoms with Gasteiger partial charge >= 0.3 is 0 Å². The van der Waals surface area contributed by atoms with E-state index in [4.69, 9.17) is 0 Å². The van der Waals surface area contributed by atoms with Gasteiger partial charge in [0.15, 0.2) is 0 Å². The molecule has 1 spiro atoms. The van der Waals surface area contributed by atoms with Crippen LogP contribution in [0.4, 0.5) is 0 Å². The minimum Gasteiger partial charge on any atom is -0.341 e. The van der Waals surface area contributed by atoms with Crippen molar-refractivity contribution in [3.05, 3.63) is 42.4 Å². The molecule has 2 fully saturated rings. The predicted octanol–water partition coefficient (Wildman–Crippen LogP) is 2.27. The molecule has 8 heteroatoms. The molecule has 2 amide bonds. The highest BCUT2D eigenvalue weighted by Gasteiger charge is 2.45. The van der Waals surface area contributed by atoms with Crippen molar-refractivity contribution in [3.63, 3.8) is 0 Å². The third-order valence-corrected chi connectivity index (χ3v) is 6.40. The summed E-state index contributed by atoms with van der Waals surface area (Å²) in [5.74, 6) is -0.300. The van der Waals surface area contributed by atoms with Crippen LogP contribution in [-0.2, 0) is 4.79 Å². The number of hydrogen-bond acceptors (Lipinski definition) is 4. The average molecular weight is 392 g/mol. The van der Waals surface area contributed by atoms with Crippen molar-refractivity contribution in [3.8, 4) is 5.69 Å². The number of benzene rings is 1. The first kappa shape index (κ1) is 17.9. The van der Waals surface area contributed by atoms with Gasteiger partial charge in [-0.3, -0.25) is 14.7 Å². The van der Waals surface area contributed by atoms with Gasteiger partial charge in [0.25, 0.3) is 5.91 Å². The largest absolute Gasteiger partial charge is 0.341 e. The van der Waals surface area contributed by atoms with Gasteiger partial charge in [0.05, 0.1) is 23.0 Å². The summed E-state index contributed by atoms with van der Waals surface area (Å²) < 4.78 is 1.73. The number of likely N-dealkylation sites (tertiary alicyclic amines) is 1. The Morgan fingerprint density at radius 1 is 1.21 bits per heavy atom. The van der Waals surface area contributed by atoms with Crippen molar-refractivity contribution < 1.29 is 9.59 Å². The number of amides is 2. The van der Waals surface area contributed by atoms with Crippen molar-refractivity contribution >= 4 is 22.7 Å². The van der Waals surface area contributed by atoms with E-state index in [-0.39, 0.29) is 11.8 Å². The number of nitrogens with zero attached hydrogens (tertiary/aromatic N) is 4. The van der Waals surface area contributed by atoms with Gasteiger partial charge in [0.2, 0.25) is 5.91 Å². The van der Waals surface area contributed by atoms with Crippen molar-refractivity contribution in [1.29, 1.82) is 0 Å². The highest BCUT2D eigenvalue weighted by atomic mass is 16.2. The van der Waals surface area contributed by atoms with Crippen molar-refractivity contribution in [2.45, 2.75) is 38.6 Å². The number of aromatic amines is 1. The van der Waals surface area contributed by atoms with Gasteiger partial charge in [-0.2, -0.15) is 10.2 Å². The normalized spacial score (nSPS) is 18.7. The van der Waals surface area contributed by atoms with Crippen LogP contribution in [0.5, 0.6) is 0 Å². The molecule has 1 aliphatic carbocycles. The second-order valence-corrected chi connectivity index (χ2v) is 8.26. The smallest absolute Gasteiger partial charge is 0.254 e. The molecule has 2 aromatic heterocycles. The summed E-state index contributed by atoms with van der Waals surface area (Å²) in [7, 11) is 0. The Hall–Kier alpha value is -3.16. The standard InChI is InChI=1S/C21H24N6O2/c1-14(20(29)26-11-7-21(5-6-21)8-12-26)24-19(28)15-3-4-17(27-10-2-9-23-27)16-13-22-25-18(15)16/h2-4,9-10,13-14H,5-8,11-12H2,1H3,(H,22,25)(H,24,28)/t14-/m1/s1. The van der Waals surface area contributed by atoms with Gasteiger partial charge in [0.1, 0.15) is 6.04 Å². The molecule has 2 aliphatic rings. The van der Waals surface area contributed by atoms with E-state index in [1.165, 1.54) is 12.8 Å². The number of carbonyl (C=O) groups is 2. The van der Waals surface area contributed by atoms with E-state index >= 15 is 0 Å². The molecule has 0 radical (unpaired) electrons. The summed E-state index contributed by atoms with van der Waals surface area (Å²) in [5, 5.41) is 14.9. The van der Waals surface area contributed by atoms with Crippen LogP contribution < -0.4 is 5.32 Å². The SMILES string of the molecule is C[C@@H](NC(=O)c1ccc(-n2cccn2)c2cn[nH]c12)C(=O)N1CCC2(CC1)CC2. The number of rotatable bonds is 4. The zero-order chi connectivity index (χ0) is 20.0. The van der Waals surface area contributed by atoms with Crippen LogP contribution >= 0.6 is 0 Å². The lowest BCUT2D eigenvalue weighted by Gasteiger charge is -2.33. The van der Waals surface area contributed by atoms with Crippen LogP contribution in [0.25, 0.3) is 16.6 Å². The van der Waals surface area contributed by atoms with Gasteiger partial charge < -0.3 is 10.2 Å². The van der Waals surface area contributed by atoms with Crippen molar-refractivity contribution in [2.24, 2.45) is 5.41 Å². The maximum atomic E-state index is 12.9. The van der Waals surface area contributed by atoms with Crippen LogP contribution in [0.15, 0.2) is 36.8 Å². The Balaban J connectivity index is 1.32. The Morgan fingerprint density at radius 3 is 2.69 bits per heavy atom. The van der Waals surface area contributed by atoms with Crippen LogP contribution in [0.2, 0.25) is 0 Å². The lowest BCUT2D eigenvalue weighted by molar-refractivity contribution is -0.134. The molecule has 5 rings (SSSR count). The molecule has 0 bridgehead atoms. The topological polar surface area (TPSA) is 95.9 Å². The molecule has 1 atom stereocenters. The molecule has 1 saturated heterocycles. The maximum Gasteiger partial charge on any atom is 0.254 e. The summed E-state index contributed by atoms with van der Waals surface area (Å²) in [5.41, 5.74) is 2.44. The highest BCUT2D eigenvalue weighted by molar-refractivity contribution is 6.08. The Bertz CT molecular complexity index is 1060. The lowest BCUT2D eigenvalue weighted by atomic mass is 9.93. The average Bonchev–Trinajstić information content (AvgIpc) is 3.16. The molecule has 8 nitrogen and oxygen atoms in total. The molecule has 29 heavy (non-hydrogen) atoms. The molecule has 0 unspecified atom stereocenters. The molecular formula is C21H24N6O2. The number of piperidine rings is 1. The molecular weight excluding hydrogens is 368 g/mol. The van der Waals surface area contributed by atoms with Crippen LogP contribution in [0.1, 0.15) is 43.0 Å². The lowest BCUT2D eigenvalue weighted by Crippen LogP contribution is -2.49. The summed E-state index contributed by atoms with van der Waals surface area (Å²) in [6.07, 6.45) is 10.00. The van der Waals surface area contributed by atoms with E-state index in [1.54, 1.807) is 30.1 Å². The third kappa shape index (κ3) is 3.18. The number of aromatic nitrogens is 4. The Kier molecular flexibility index (Phi) is 4.15. The fourth-order valence-electron chi connectivity index (χ4n) is 4.31. The van der Waals surface area contributed by atoms with Crippen molar-refractivity contribution in [2.75, 3.05) is 13.1 Å². The summed E-state index contributed by atoms with van der Waals surface area (Å²) in [6, 6.07) is 4.85. The minimum absolute atomic E-state index is 0.0112. The van der Waals surface area contributed by atoms with Gasteiger partial charge in [-0.05, 0) is 56.2 Å². The Labute approximate surface area is 168 Å². The highest BCUT2D eigenvalue weighted by Crippen LogP contribution is 2.53.